The standard InChI is InChI=1S/C21H21N9O/c1-21(17-10-24-29-26-17)11-30(12-21)20-28-27-18(31-20)15-8-22-19(23-9-15)25-16-6-13-4-2-3-5-14(13)7-16/h2-5,8-10,16H,6-7,11-12H2,1H3,(H,22,23,25)(H,24,26,29). The number of benzene rings is 1. The molecule has 0 saturated carbocycles. The van der Waals surface area contributed by atoms with Crippen molar-refractivity contribution in [2.45, 2.75) is 31.2 Å². The van der Waals surface area contributed by atoms with Gasteiger partial charge in [-0.1, -0.05) is 41.5 Å². The number of anilines is 2. The van der Waals surface area contributed by atoms with Crippen molar-refractivity contribution in [3.63, 3.8) is 0 Å². The molecule has 4 heterocycles. The molecule has 10 heteroatoms. The molecule has 0 spiro atoms. The lowest BCUT2D eigenvalue weighted by molar-refractivity contribution is 0.330. The van der Waals surface area contributed by atoms with Crippen molar-refractivity contribution in [1.82, 2.24) is 35.6 Å². The van der Waals surface area contributed by atoms with Crippen LogP contribution < -0.4 is 10.2 Å². The van der Waals surface area contributed by atoms with Gasteiger partial charge in [-0.05, 0) is 24.0 Å². The fourth-order valence-electron chi connectivity index (χ4n) is 4.41. The Bertz CT molecular complexity index is 1170. The molecule has 0 amide bonds. The molecule has 31 heavy (non-hydrogen) atoms. The summed E-state index contributed by atoms with van der Waals surface area (Å²) in [6, 6.07) is 9.33. The van der Waals surface area contributed by atoms with Crippen LogP contribution in [0.4, 0.5) is 12.0 Å². The zero-order chi connectivity index (χ0) is 20.8. The maximum atomic E-state index is 5.86. The van der Waals surface area contributed by atoms with E-state index in [-0.39, 0.29) is 5.41 Å². The summed E-state index contributed by atoms with van der Waals surface area (Å²) in [5.41, 5.74) is 4.34. The lowest BCUT2D eigenvalue weighted by Gasteiger charge is -2.45. The Kier molecular flexibility index (Phi) is 3.98. The minimum Gasteiger partial charge on any atom is -0.403 e. The summed E-state index contributed by atoms with van der Waals surface area (Å²) >= 11 is 0. The Balaban J connectivity index is 1.10. The third kappa shape index (κ3) is 3.20. The van der Waals surface area contributed by atoms with E-state index in [1.54, 1.807) is 12.4 Å². The fraction of sp³-hybridized carbons (Fsp3) is 0.333. The van der Waals surface area contributed by atoms with Crippen LogP contribution in [0.15, 0.2) is 47.3 Å². The Morgan fingerprint density at radius 1 is 1.06 bits per heavy atom. The van der Waals surface area contributed by atoms with Crippen LogP contribution in [0.5, 0.6) is 0 Å². The summed E-state index contributed by atoms with van der Waals surface area (Å²) in [5.74, 6) is 1.01. The molecule has 2 aliphatic rings. The number of fused-ring (bicyclic) bond motifs is 1. The summed E-state index contributed by atoms with van der Waals surface area (Å²) in [6.45, 7) is 3.62. The highest BCUT2D eigenvalue weighted by Crippen LogP contribution is 2.36. The minimum absolute atomic E-state index is 0.0715. The van der Waals surface area contributed by atoms with Crippen LogP contribution in [0.25, 0.3) is 11.5 Å². The van der Waals surface area contributed by atoms with E-state index in [0.717, 1.165) is 31.6 Å². The number of aromatic amines is 1. The smallest absolute Gasteiger partial charge is 0.318 e. The fourth-order valence-corrected chi connectivity index (χ4v) is 4.41. The number of nitrogens with one attached hydrogen (secondary N) is 2. The highest BCUT2D eigenvalue weighted by molar-refractivity contribution is 5.52. The van der Waals surface area contributed by atoms with Crippen LogP contribution in [0.2, 0.25) is 0 Å². The Morgan fingerprint density at radius 2 is 1.81 bits per heavy atom. The van der Waals surface area contributed by atoms with Gasteiger partial charge < -0.3 is 14.6 Å². The first-order chi connectivity index (χ1) is 15.2. The van der Waals surface area contributed by atoms with E-state index in [0.29, 0.717) is 29.5 Å². The van der Waals surface area contributed by atoms with Crippen molar-refractivity contribution in [3.05, 3.63) is 59.7 Å². The van der Waals surface area contributed by atoms with Gasteiger partial charge in [0, 0.05) is 43.1 Å². The molecule has 0 atom stereocenters. The average Bonchev–Trinajstić information content (AvgIpc) is 3.52. The van der Waals surface area contributed by atoms with Crippen molar-refractivity contribution in [2.75, 3.05) is 23.3 Å². The van der Waals surface area contributed by atoms with E-state index < -0.39 is 0 Å². The largest absolute Gasteiger partial charge is 0.403 e. The third-order valence-corrected chi connectivity index (χ3v) is 6.08. The third-order valence-electron chi connectivity index (χ3n) is 6.08. The molecule has 0 radical (unpaired) electrons. The molecule has 6 rings (SSSR count). The summed E-state index contributed by atoms with van der Waals surface area (Å²) in [7, 11) is 0. The molecule has 1 aliphatic carbocycles. The maximum Gasteiger partial charge on any atom is 0.318 e. The van der Waals surface area contributed by atoms with Gasteiger partial charge in [-0.15, -0.1) is 10.2 Å². The van der Waals surface area contributed by atoms with Crippen LogP contribution >= 0.6 is 0 Å². The summed E-state index contributed by atoms with van der Waals surface area (Å²) < 4.78 is 5.86. The molecular formula is C21H21N9O. The molecule has 1 aliphatic heterocycles. The van der Waals surface area contributed by atoms with Gasteiger partial charge in [-0.25, -0.2) is 9.97 Å². The summed E-state index contributed by atoms with van der Waals surface area (Å²) in [6.07, 6.45) is 7.22. The topological polar surface area (TPSA) is 122 Å². The van der Waals surface area contributed by atoms with Crippen LogP contribution in [0.3, 0.4) is 0 Å². The zero-order valence-electron chi connectivity index (χ0n) is 17.0. The highest BCUT2D eigenvalue weighted by Gasteiger charge is 2.44. The Labute approximate surface area is 178 Å². The van der Waals surface area contributed by atoms with Crippen molar-refractivity contribution < 1.29 is 4.42 Å². The molecule has 1 fully saturated rings. The molecule has 1 aromatic carbocycles. The highest BCUT2D eigenvalue weighted by atomic mass is 16.4. The lowest BCUT2D eigenvalue weighted by Crippen LogP contribution is -2.58. The average molecular weight is 415 g/mol. The number of aromatic nitrogens is 7. The Hall–Kier alpha value is -3.82. The first-order valence-corrected chi connectivity index (χ1v) is 10.3. The van der Waals surface area contributed by atoms with Crippen molar-refractivity contribution in [3.8, 4) is 11.5 Å². The van der Waals surface area contributed by atoms with Crippen LogP contribution in [0, 0.1) is 0 Å². The van der Waals surface area contributed by atoms with E-state index in [1.165, 1.54) is 11.1 Å². The SMILES string of the molecule is CC1(c2c[nH]nn2)CN(c2nnc(-c3cnc(NC4Cc5ccccc5C4)nc3)o2)C1. The number of H-pyrrole nitrogens is 1. The van der Waals surface area contributed by atoms with Gasteiger partial charge in [0.2, 0.25) is 5.95 Å². The lowest BCUT2D eigenvalue weighted by atomic mass is 9.79. The molecule has 10 nitrogen and oxygen atoms in total. The maximum absolute atomic E-state index is 5.86. The number of hydrogen-bond donors (Lipinski definition) is 2. The molecule has 3 aromatic heterocycles. The van der Waals surface area contributed by atoms with E-state index in [2.05, 4.69) is 72.1 Å². The predicted molar refractivity (Wildman–Crippen MR) is 113 cm³/mol. The van der Waals surface area contributed by atoms with Gasteiger partial charge in [-0.2, -0.15) is 0 Å². The Morgan fingerprint density at radius 3 is 2.48 bits per heavy atom. The van der Waals surface area contributed by atoms with Gasteiger partial charge in [0.25, 0.3) is 5.89 Å². The molecule has 2 N–H and O–H groups in total. The number of rotatable bonds is 5. The number of hydrogen-bond acceptors (Lipinski definition) is 9. The second-order valence-corrected chi connectivity index (χ2v) is 8.48. The monoisotopic (exact) mass is 415 g/mol. The molecule has 156 valence electrons. The molecule has 4 aromatic rings. The van der Waals surface area contributed by atoms with Gasteiger partial charge in [-0.3, -0.25) is 5.10 Å². The normalized spacial score (nSPS) is 17.4. The van der Waals surface area contributed by atoms with E-state index in [4.69, 9.17) is 4.42 Å². The van der Waals surface area contributed by atoms with Gasteiger partial charge in [0.05, 0.1) is 11.3 Å². The van der Waals surface area contributed by atoms with Crippen molar-refractivity contribution >= 4 is 12.0 Å². The summed E-state index contributed by atoms with van der Waals surface area (Å²) in [4.78, 5) is 10.9. The quantitative estimate of drug-likeness (QED) is 0.504. The summed E-state index contributed by atoms with van der Waals surface area (Å²) in [5, 5.41) is 22.5. The zero-order valence-corrected chi connectivity index (χ0v) is 17.0. The molecule has 0 bridgehead atoms. The van der Waals surface area contributed by atoms with Gasteiger partial charge >= 0.3 is 6.01 Å². The second-order valence-electron chi connectivity index (χ2n) is 8.48. The van der Waals surface area contributed by atoms with E-state index in [9.17, 15) is 0 Å². The number of nitrogens with zero attached hydrogens (tertiary/aromatic N) is 7. The molecule has 1 saturated heterocycles. The van der Waals surface area contributed by atoms with Gasteiger partial charge in [0.1, 0.15) is 0 Å². The second kappa shape index (κ2) is 6.86. The minimum atomic E-state index is -0.0715. The van der Waals surface area contributed by atoms with Crippen molar-refractivity contribution in [2.24, 2.45) is 0 Å². The molecular weight excluding hydrogens is 394 g/mol. The first kappa shape index (κ1) is 18.0. The predicted octanol–water partition coefficient (Wildman–Crippen LogP) is 2.00. The van der Waals surface area contributed by atoms with Crippen LogP contribution in [-0.2, 0) is 18.3 Å². The van der Waals surface area contributed by atoms with Gasteiger partial charge in [0.15, 0.2) is 0 Å². The van der Waals surface area contributed by atoms with Crippen molar-refractivity contribution in [1.29, 1.82) is 0 Å². The van der Waals surface area contributed by atoms with Crippen LogP contribution in [-0.4, -0.2) is 54.7 Å². The van der Waals surface area contributed by atoms with Crippen LogP contribution in [0.1, 0.15) is 23.7 Å². The first-order valence-electron chi connectivity index (χ1n) is 10.3. The van der Waals surface area contributed by atoms with E-state index >= 15 is 0 Å². The van der Waals surface area contributed by atoms with E-state index in [1.807, 2.05) is 11.1 Å². The molecule has 0 unspecified atom stereocenters.